The van der Waals surface area contributed by atoms with Crippen molar-refractivity contribution in [2.24, 2.45) is 0 Å². The van der Waals surface area contributed by atoms with Crippen LogP contribution in [0.3, 0.4) is 0 Å². The summed E-state index contributed by atoms with van der Waals surface area (Å²) in [6.45, 7) is 4.49. The van der Waals surface area contributed by atoms with Crippen LogP contribution in [0, 0.1) is 0 Å². The number of ether oxygens (including phenoxy) is 2. The summed E-state index contributed by atoms with van der Waals surface area (Å²) in [5.74, 6) is 0.841. The Kier molecular flexibility index (Phi) is 5.14. The highest BCUT2D eigenvalue weighted by Gasteiger charge is 2.24. The molecule has 0 saturated carbocycles. The average molecular weight is 296 g/mol. The van der Waals surface area contributed by atoms with Crippen LogP contribution in [-0.4, -0.2) is 49.5 Å². The highest BCUT2D eigenvalue weighted by atomic mass is 32.2. The number of benzene rings is 1. The van der Waals surface area contributed by atoms with Gasteiger partial charge in [0.05, 0.1) is 30.5 Å². The van der Waals surface area contributed by atoms with Gasteiger partial charge in [0.15, 0.2) is 0 Å². The first-order valence-corrected chi connectivity index (χ1v) is 7.46. The van der Waals surface area contributed by atoms with Crippen molar-refractivity contribution in [1.29, 1.82) is 0 Å². The lowest BCUT2D eigenvalue weighted by Gasteiger charge is -2.29. The molecule has 1 aliphatic heterocycles. The highest BCUT2D eigenvalue weighted by Crippen LogP contribution is 2.34. The molecule has 1 amide bonds. The number of methoxy groups -OCH3 is 1. The molecule has 0 bridgehead atoms. The van der Waals surface area contributed by atoms with Gasteiger partial charge in [0, 0.05) is 24.8 Å². The smallest absolute Gasteiger partial charge is 0.235 e. The number of nitrogen functional groups attached to an aromatic ring is 1. The number of carbonyl (C=O) groups is 1. The van der Waals surface area contributed by atoms with Gasteiger partial charge in [0.2, 0.25) is 5.91 Å². The van der Waals surface area contributed by atoms with E-state index in [0.29, 0.717) is 37.7 Å². The summed E-state index contributed by atoms with van der Waals surface area (Å²) in [7, 11) is 1.60. The molecule has 0 spiro atoms. The molecule has 1 fully saturated rings. The van der Waals surface area contributed by atoms with Crippen LogP contribution in [0.4, 0.5) is 5.69 Å². The van der Waals surface area contributed by atoms with Crippen LogP contribution >= 0.6 is 11.8 Å². The Labute approximate surface area is 123 Å². The van der Waals surface area contributed by atoms with Crippen molar-refractivity contribution in [3.8, 4) is 5.75 Å². The maximum absolute atomic E-state index is 12.4. The van der Waals surface area contributed by atoms with E-state index in [1.54, 1.807) is 13.2 Å². The fourth-order valence-corrected chi connectivity index (χ4v) is 3.10. The summed E-state index contributed by atoms with van der Waals surface area (Å²) in [4.78, 5) is 15.1. The molecule has 5 nitrogen and oxygen atoms in total. The monoisotopic (exact) mass is 296 g/mol. The first-order valence-electron chi connectivity index (χ1n) is 6.58. The summed E-state index contributed by atoms with van der Waals surface area (Å²) in [5, 5.41) is -0.161. The highest BCUT2D eigenvalue weighted by molar-refractivity contribution is 8.00. The van der Waals surface area contributed by atoms with Gasteiger partial charge in [0.1, 0.15) is 5.75 Å². The van der Waals surface area contributed by atoms with Gasteiger partial charge in [-0.15, -0.1) is 11.8 Å². The zero-order valence-electron chi connectivity index (χ0n) is 11.8. The number of anilines is 1. The molecule has 2 rings (SSSR count). The fourth-order valence-electron chi connectivity index (χ4n) is 2.06. The molecule has 1 heterocycles. The maximum Gasteiger partial charge on any atom is 0.235 e. The molecule has 6 heteroatoms. The van der Waals surface area contributed by atoms with E-state index < -0.39 is 0 Å². The van der Waals surface area contributed by atoms with Crippen molar-refractivity contribution in [1.82, 2.24) is 4.90 Å². The predicted octanol–water partition coefficient (Wildman–Crippen LogP) is 1.62. The van der Waals surface area contributed by atoms with Crippen LogP contribution in [0.15, 0.2) is 23.1 Å². The summed E-state index contributed by atoms with van der Waals surface area (Å²) in [6.07, 6.45) is 0. The van der Waals surface area contributed by atoms with Gasteiger partial charge in [-0.05, 0) is 19.1 Å². The summed E-state index contributed by atoms with van der Waals surface area (Å²) >= 11 is 1.49. The van der Waals surface area contributed by atoms with Crippen molar-refractivity contribution < 1.29 is 14.3 Å². The minimum absolute atomic E-state index is 0.136. The predicted molar refractivity (Wildman–Crippen MR) is 80.1 cm³/mol. The quantitative estimate of drug-likeness (QED) is 0.675. The molecule has 1 aromatic carbocycles. The molecular formula is C14H20N2O3S. The zero-order valence-corrected chi connectivity index (χ0v) is 12.6. The molecule has 2 N–H and O–H groups in total. The average Bonchev–Trinajstić information content (AvgIpc) is 2.49. The van der Waals surface area contributed by atoms with Crippen LogP contribution in [0.5, 0.6) is 5.75 Å². The Balaban J connectivity index is 2.03. The third kappa shape index (κ3) is 3.58. The Morgan fingerprint density at radius 1 is 1.45 bits per heavy atom. The van der Waals surface area contributed by atoms with E-state index in [1.807, 2.05) is 24.0 Å². The van der Waals surface area contributed by atoms with Crippen LogP contribution in [0.1, 0.15) is 6.92 Å². The topological polar surface area (TPSA) is 64.8 Å². The van der Waals surface area contributed by atoms with Crippen LogP contribution in [0.2, 0.25) is 0 Å². The lowest BCUT2D eigenvalue weighted by Crippen LogP contribution is -2.44. The third-order valence-electron chi connectivity index (χ3n) is 3.16. The molecule has 0 aliphatic carbocycles. The largest absolute Gasteiger partial charge is 0.496 e. The van der Waals surface area contributed by atoms with Crippen molar-refractivity contribution in [3.05, 3.63) is 18.2 Å². The van der Waals surface area contributed by atoms with E-state index in [1.165, 1.54) is 11.8 Å². The second-order valence-corrected chi connectivity index (χ2v) is 5.99. The standard InChI is InChI=1S/C14H20N2O3S/c1-10(14(17)16-5-7-19-8-6-16)20-13-4-3-11(15)9-12(13)18-2/h3-4,9-10H,5-8,15H2,1-2H3. The number of nitrogens with zero attached hydrogens (tertiary/aromatic N) is 1. The Hall–Kier alpha value is -1.40. The zero-order chi connectivity index (χ0) is 14.5. The molecule has 1 aliphatic rings. The van der Waals surface area contributed by atoms with E-state index >= 15 is 0 Å². The first kappa shape index (κ1) is 15.0. The van der Waals surface area contributed by atoms with Crippen LogP contribution < -0.4 is 10.5 Å². The van der Waals surface area contributed by atoms with Crippen LogP contribution in [0.25, 0.3) is 0 Å². The molecule has 110 valence electrons. The SMILES string of the molecule is COc1cc(N)ccc1SC(C)C(=O)N1CCOCC1. The van der Waals surface area contributed by atoms with Crippen molar-refractivity contribution >= 4 is 23.4 Å². The lowest BCUT2D eigenvalue weighted by atomic mass is 10.3. The maximum atomic E-state index is 12.4. The number of nitrogens with two attached hydrogens (primary N) is 1. The normalized spacial score (nSPS) is 16.8. The first-order chi connectivity index (χ1) is 9.61. The third-order valence-corrected chi connectivity index (χ3v) is 4.31. The number of hydrogen-bond donors (Lipinski definition) is 1. The number of thioether (sulfide) groups is 1. The Morgan fingerprint density at radius 3 is 2.80 bits per heavy atom. The number of morpholine rings is 1. The molecule has 1 aromatic rings. The number of amides is 1. The van der Waals surface area contributed by atoms with E-state index in [0.717, 1.165) is 4.90 Å². The second-order valence-electron chi connectivity index (χ2n) is 4.61. The van der Waals surface area contributed by atoms with Crippen molar-refractivity contribution in [2.75, 3.05) is 39.1 Å². The summed E-state index contributed by atoms with van der Waals surface area (Å²) in [6, 6.07) is 5.48. The van der Waals surface area contributed by atoms with Crippen LogP contribution in [-0.2, 0) is 9.53 Å². The van der Waals surface area contributed by atoms with Gasteiger partial charge in [-0.1, -0.05) is 0 Å². The Morgan fingerprint density at radius 2 is 2.15 bits per heavy atom. The molecule has 1 atom stereocenters. The minimum atomic E-state index is -0.161. The van der Waals surface area contributed by atoms with Gasteiger partial charge >= 0.3 is 0 Å². The van der Waals surface area contributed by atoms with Gasteiger partial charge < -0.3 is 20.1 Å². The van der Waals surface area contributed by atoms with Crippen molar-refractivity contribution in [3.63, 3.8) is 0 Å². The van der Waals surface area contributed by atoms with Gasteiger partial charge in [-0.25, -0.2) is 0 Å². The molecule has 1 saturated heterocycles. The molecule has 20 heavy (non-hydrogen) atoms. The van der Waals surface area contributed by atoms with E-state index in [2.05, 4.69) is 0 Å². The lowest BCUT2D eigenvalue weighted by molar-refractivity contribution is -0.134. The number of rotatable bonds is 4. The van der Waals surface area contributed by atoms with E-state index in [4.69, 9.17) is 15.2 Å². The van der Waals surface area contributed by atoms with Gasteiger partial charge in [0.25, 0.3) is 0 Å². The fraction of sp³-hybridized carbons (Fsp3) is 0.500. The van der Waals surface area contributed by atoms with Crippen molar-refractivity contribution in [2.45, 2.75) is 17.1 Å². The Bertz CT molecular complexity index is 475. The molecule has 0 aromatic heterocycles. The summed E-state index contributed by atoms with van der Waals surface area (Å²) < 4.78 is 10.6. The number of carbonyl (C=O) groups excluding carboxylic acids is 1. The molecule has 1 unspecified atom stereocenters. The molecule has 0 radical (unpaired) electrons. The van der Waals surface area contributed by atoms with Gasteiger partial charge in [-0.3, -0.25) is 4.79 Å². The second kappa shape index (κ2) is 6.85. The van der Waals surface area contributed by atoms with E-state index in [9.17, 15) is 4.79 Å². The summed E-state index contributed by atoms with van der Waals surface area (Å²) in [5.41, 5.74) is 6.38. The van der Waals surface area contributed by atoms with E-state index in [-0.39, 0.29) is 11.2 Å². The minimum Gasteiger partial charge on any atom is -0.496 e. The number of hydrogen-bond acceptors (Lipinski definition) is 5. The molecular weight excluding hydrogens is 276 g/mol. The van der Waals surface area contributed by atoms with Gasteiger partial charge in [-0.2, -0.15) is 0 Å².